The molecule has 33 heavy (non-hydrogen) atoms. The van der Waals surface area contributed by atoms with E-state index in [-0.39, 0.29) is 23.6 Å². The van der Waals surface area contributed by atoms with Crippen LogP contribution in [0.15, 0.2) is 33.8 Å². The molecular weight excluding hydrogens is 426 g/mol. The number of nitrogens with one attached hydrogen (secondary N) is 2. The molecule has 0 aliphatic carbocycles. The molecule has 1 unspecified atom stereocenters. The molecule has 0 bridgehead atoms. The van der Waals surface area contributed by atoms with E-state index in [1.807, 2.05) is 36.1 Å². The molecule has 2 saturated heterocycles. The van der Waals surface area contributed by atoms with Crippen LogP contribution in [0.5, 0.6) is 0 Å². The van der Waals surface area contributed by atoms with Crippen molar-refractivity contribution in [2.45, 2.75) is 19.4 Å². The van der Waals surface area contributed by atoms with Gasteiger partial charge in [-0.1, -0.05) is 29.8 Å². The number of hydrogen-bond acceptors (Lipinski definition) is 10. The quantitative estimate of drug-likeness (QED) is 0.425. The van der Waals surface area contributed by atoms with Gasteiger partial charge >= 0.3 is 5.91 Å². The number of aryl methyl sites for hydroxylation is 1. The second-order valence-electron chi connectivity index (χ2n) is 7.96. The van der Waals surface area contributed by atoms with Crippen molar-refractivity contribution in [1.29, 1.82) is 0 Å². The zero-order valence-corrected chi connectivity index (χ0v) is 18.3. The zero-order chi connectivity index (χ0) is 22.6. The molecule has 2 aliphatic heterocycles. The van der Waals surface area contributed by atoms with E-state index < -0.39 is 5.91 Å². The van der Waals surface area contributed by atoms with Crippen molar-refractivity contribution in [2.24, 2.45) is 5.10 Å². The highest BCUT2D eigenvalue weighted by Gasteiger charge is 2.26. The summed E-state index contributed by atoms with van der Waals surface area (Å²) in [7, 11) is 0. The zero-order valence-electron chi connectivity index (χ0n) is 18.3. The third-order valence-corrected chi connectivity index (χ3v) is 5.43. The minimum absolute atomic E-state index is 0.0505. The Labute approximate surface area is 190 Å². The van der Waals surface area contributed by atoms with Gasteiger partial charge in [0.25, 0.3) is 11.6 Å². The van der Waals surface area contributed by atoms with Gasteiger partial charge in [-0.15, -0.1) is 0 Å². The van der Waals surface area contributed by atoms with E-state index in [1.54, 1.807) is 6.21 Å². The van der Waals surface area contributed by atoms with Crippen LogP contribution >= 0.6 is 0 Å². The predicted octanol–water partition coefficient (Wildman–Crippen LogP) is 1.73. The van der Waals surface area contributed by atoms with E-state index >= 15 is 0 Å². The van der Waals surface area contributed by atoms with Crippen LogP contribution in [0.4, 0.5) is 11.8 Å². The minimum atomic E-state index is -0.400. The van der Waals surface area contributed by atoms with Crippen molar-refractivity contribution < 1.29 is 18.7 Å². The summed E-state index contributed by atoms with van der Waals surface area (Å²) >= 11 is 0. The predicted molar refractivity (Wildman–Crippen MR) is 122 cm³/mol. The molecule has 0 saturated carbocycles. The minimum Gasteiger partial charge on any atom is -0.413 e. The Morgan fingerprint density at radius 1 is 1.18 bits per heavy atom. The Kier molecular flexibility index (Phi) is 6.13. The van der Waals surface area contributed by atoms with Crippen LogP contribution in [0.2, 0.25) is 0 Å². The Morgan fingerprint density at radius 3 is 2.85 bits per heavy atom. The third-order valence-electron chi connectivity index (χ3n) is 5.43. The van der Waals surface area contributed by atoms with Crippen molar-refractivity contribution in [3.05, 3.63) is 41.3 Å². The number of hydrazone groups is 1. The lowest BCUT2D eigenvalue weighted by atomic mass is 10.2. The lowest BCUT2D eigenvalue weighted by Gasteiger charge is -2.27. The Morgan fingerprint density at radius 2 is 2.06 bits per heavy atom. The maximum absolute atomic E-state index is 12.7. The van der Waals surface area contributed by atoms with Gasteiger partial charge in [0.1, 0.15) is 0 Å². The molecule has 172 valence electrons. The summed E-state index contributed by atoms with van der Waals surface area (Å²) in [6.07, 6.45) is 2.45. The van der Waals surface area contributed by atoms with E-state index in [0.29, 0.717) is 50.9 Å². The molecule has 5 rings (SSSR count). The third kappa shape index (κ3) is 4.94. The molecule has 2 aromatic heterocycles. The second-order valence-corrected chi connectivity index (χ2v) is 7.96. The summed E-state index contributed by atoms with van der Waals surface area (Å²) in [4.78, 5) is 28.1. The van der Waals surface area contributed by atoms with Crippen molar-refractivity contribution in [3.63, 3.8) is 0 Å². The molecule has 0 radical (unpaired) electrons. The van der Waals surface area contributed by atoms with Crippen LogP contribution in [0.3, 0.4) is 0 Å². The molecule has 4 heterocycles. The average molecular weight is 451 g/mol. The normalized spacial score (nSPS) is 18.8. The number of nitrogens with zero attached hydrogens (tertiary/aromatic N) is 5. The van der Waals surface area contributed by atoms with E-state index in [1.165, 1.54) is 0 Å². The van der Waals surface area contributed by atoms with E-state index in [0.717, 1.165) is 17.5 Å². The van der Waals surface area contributed by atoms with E-state index in [9.17, 15) is 4.79 Å². The number of fused-ring (bicyclic) bond motifs is 1. The molecular formula is C22H25N7O4. The lowest BCUT2D eigenvalue weighted by molar-refractivity contribution is 0.0897. The number of amides is 1. The van der Waals surface area contributed by atoms with Crippen molar-refractivity contribution >= 4 is 35.1 Å². The summed E-state index contributed by atoms with van der Waals surface area (Å²) in [5, 5.41) is 7.14. The highest BCUT2D eigenvalue weighted by molar-refractivity contribution is 5.94. The molecule has 2 aliphatic rings. The smallest absolute Gasteiger partial charge is 0.307 e. The second kappa shape index (κ2) is 9.51. The summed E-state index contributed by atoms with van der Waals surface area (Å²) in [6.45, 7) is 5.58. The van der Waals surface area contributed by atoms with Crippen LogP contribution in [0.25, 0.3) is 11.2 Å². The lowest BCUT2D eigenvalue weighted by Crippen LogP contribution is -2.37. The van der Waals surface area contributed by atoms with Crippen LogP contribution in [0.1, 0.15) is 28.2 Å². The molecule has 2 N–H and O–H groups in total. The Hall–Kier alpha value is -3.57. The average Bonchev–Trinajstić information content (AvgIpc) is 3.49. The summed E-state index contributed by atoms with van der Waals surface area (Å²) in [6, 6.07) is 7.91. The highest BCUT2D eigenvalue weighted by Crippen LogP contribution is 2.26. The molecule has 1 amide bonds. The van der Waals surface area contributed by atoms with Gasteiger partial charge in [-0.05, 0) is 18.9 Å². The van der Waals surface area contributed by atoms with Gasteiger partial charge in [0.05, 0.1) is 32.1 Å². The van der Waals surface area contributed by atoms with Crippen LogP contribution in [-0.2, 0) is 9.47 Å². The molecule has 1 atom stereocenters. The number of aromatic nitrogens is 3. The SMILES string of the molecule is Cc1cccc(/C=N/Nc2nc(N3CCOCC3)c3nc(C(=O)NC4CCOC4)oc3n2)c1. The molecule has 3 aromatic rings. The molecule has 11 nitrogen and oxygen atoms in total. The van der Waals surface area contributed by atoms with Crippen LogP contribution in [-0.4, -0.2) is 72.6 Å². The maximum Gasteiger partial charge on any atom is 0.307 e. The highest BCUT2D eigenvalue weighted by atomic mass is 16.5. The van der Waals surface area contributed by atoms with Crippen molar-refractivity contribution in [3.8, 4) is 0 Å². The number of hydrogen-bond donors (Lipinski definition) is 2. The van der Waals surface area contributed by atoms with E-state index in [2.05, 4.69) is 30.8 Å². The first-order chi connectivity index (χ1) is 16.2. The molecule has 0 spiro atoms. The summed E-state index contributed by atoms with van der Waals surface area (Å²) in [5.74, 6) is 0.369. The van der Waals surface area contributed by atoms with Crippen molar-refractivity contribution in [2.75, 3.05) is 49.8 Å². The first-order valence-electron chi connectivity index (χ1n) is 10.9. The maximum atomic E-state index is 12.7. The molecule has 2 fully saturated rings. The fourth-order valence-corrected chi connectivity index (χ4v) is 3.76. The number of rotatable bonds is 6. The van der Waals surface area contributed by atoms with E-state index in [4.69, 9.17) is 13.9 Å². The fraction of sp³-hybridized carbons (Fsp3) is 0.409. The van der Waals surface area contributed by atoms with Gasteiger partial charge in [-0.25, -0.2) is 5.43 Å². The molecule has 1 aromatic carbocycles. The van der Waals surface area contributed by atoms with Gasteiger partial charge in [0, 0.05) is 19.7 Å². The number of ether oxygens (including phenoxy) is 2. The van der Waals surface area contributed by atoms with Gasteiger partial charge < -0.3 is 24.1 Å². The van der Waals surface area contributed by atoms with Gasteiger partial charge in [0.2, 0.25) is 5.95 Å². The summed E-state index contributed by atoms with van der Waals surface area (Å²) < 4.78 is 16.5. The van der Waals surface area contributed by atoms with Gasteiger partial charge in [-0.3, -0.25) is 4.79 Å². The number of carbonyl (C=O) groups excluding carboxylic acids is 1. The Balaban J connectivity index is 1.43. The number of anilines is 2. The first-order valence-corrected chi connectivity index (χ1v) is 10.9. The van der Waals surface area contributed by atoms with Gasteiger partial charge in [-0.2, -0.15) is 20.1 Å². The van der Waals surface area contributed by atoms with Gasteiger partial charge in [0.15, 0.2) is 11.3 Å². The first kappa shape index (κ1) is 21.3. The monoisotopic (exact) mass is 451 g/mol. The number of benzene rings is 1. The van der Waals surface area contributed by atoms with Crippen LogP contribution < -0.4 is 15.6 Å². The Bertz CT molecular complexity index is 1170. The number of oxazole rings is 1. The van der Waals surface area contributed by atoms with Crippen LogP contribution in [0, 0.1) is 6.92 Å². The molecule has 11 heteroatoms. The number of morpholine rings is 1. The summed E-state index contributed by atoms with van der Waals surface area (Å²) in [5.41, 5.74) is 5.60. The fourth-order valence-electron chi connectivity index (χ4n) is 3.76. The number of carbonyl (C=O) groups is 1. The van der Waals surface area contributed by atoms with Crippen molar-refractivity contribution in [1.82, 2.24) is 20.3 Å². The topological polar surface area (TPSA) is 127 Å². The largest absolute Gasteiger partial charge is 0.413 e. The standard InChI is InChI=1S/C22H25N7O4/c1-14-3-2-4-15(11-14)12-23-28-22-26-18(29-6-9-31-10-7-29)17-20(27-22)33-21(25-17)19(30)24-16-5-8-32-13-16/h2-4,11-12,16H,5-10,13H2,1H3,(H,24,30)(H,26,27,28)/b23-12+.